The number of nitrogens with one attached hydrogen (secondary N) is 1. The van der Waals surface area contributed by atoms with Crippen molar-refractivity contribution in [2.24, 2.45) is 11.1 Å². The number of hydrogen-bond acceptors (Lipinski definition) is 3. The summed E-state index contributed by atoms with van der Waals surface area (Å²) in [6.45, 7) is 1.89. The minimum Gasteiger partial charge on any atom is -0.352 e. The molecule has 1 aromatic rings. The van der Waals surface area contributed by atoms with Gasteiger partial charge in [-0.3, -0.25) is 4.79 Å². The van der Waals surface area contributed by atoms with Crippen molar-refractivity contribution in [2.75, 3.05) is 6.54 Å². The molecule has 1 aromatic carbocycles. The van der Waals surface area contributed by atoms with E-state index in [-0.39, 0.29) is 16.0 Å². The van der Waals surface area contributed by atoms with Gasteiger partial charge in [-0.05, 0) is 37.0 Å². The third-order valence-electron chi connectivity index (χ3n) is 3.88. The fourth-order valence-electron chi connectivity index (χ4n) is 2.40. The second-order valence-corrected chi connectivity index (χ2v) is 7.01. The van der Waals surface area contributed by atoms with E-state index in [4.69, 9.17) is 5.14 Å². The van der Waals surface area contributed by atoms with Crippen molar-refractivity contribution in [3.63, 3.8) is 0 Å². The molecule has 3 N–H and O–H groups in total. The summed E-state index contributed by atoms with van der Waals surface area (Å²) in [5.74, 6) is -0.731. The zero-order valence-electron chi connectivity index (χ0n) is 11.9. The molecule has 0 saturated heterocycles. The van der Waals surface area contributed by atoms with Gasteiger partial charge >= 0.3 is 0 Å². The van der Waals surface area contributed by atoms with Crippen LogP contribution in [0.3, 0.4) is 0 Å². The lowest BCUT2D eigenvalue weighted by Crippen LogP contribution is -2.28. The van der Waals surface area contributed by atoms with Crippen molar-refractivity contribution in [3.8, 4) is 0 Å². The average Bonchev–Trinajstić information content (AvgIpc) is 2.30. The van der Waals surface area contributed by atoms with Gasteiger partial charge in [-0.2, -0.15) is 0 Å². The zero-order chi connectivity index (χ0) is 15.6. The van der Waals surface area contributed by atoms with Crippen molar-refractivity contribution in [3.05, 3.63) is 29.1 Å². The summed E-state index contributed by atoms with van der Waals surface area (Å²) < 4.78 is 36.7. The van der Waals surface area contributed by atoms with E-state index in [0.717, 1.165) is 18.6 Å². The van der Waals surface area contributed by atoms with E-state index in [0.29, 0.717) is 12.5 Å². The van der Waals surface area contributed by atoms with Gasteiger partial charge in [-0.25, -0.2) is 17.9 Å². The highest BCUT2D eigenvalue weighted by Gasteiger charge is 2.21. The van der Waals surface area contributed by atoms with E-state index < -0.39 is 21.7 Å². The smallest absolute Gasteiger partial charge is 0.254 e. The first-order valence-electron chi connectivity index (χ1n) is 6.90. The molecule has 0 atom stereocenters. The van der Waals surface area contributed by atoms with Crippen LogP contribution in [0, 0.1) is 18.7 Å². The SMILES string of the molecule is Cc1cc(F)c(C(=O)NCCC2CCC2)cc1S(N)(=O)=O. The first-order valence-corrected chi connectivity index (χ1v) is 8.45. The summed E-state index contributed by atoms with van der Waals surface area (Å²) in [5.41, 5.74) is -0.112. The Morgan fingerprint density at radius 1 is 1.43 bits per heavy atom. The van der Waals surface area contributed by atoms with Crippen molar-refractivity contribution in [2.45, 2.75) is 37.5 Å². The Labute approximate surface area is 123 Å². The van der Waals surface area contributed by atoms with Gasteiger partial charge in [0, 0.05) is 6.54 Å². The van der Waals surface area contributed by atoms with Gasteiger partial charge in [0.15, 0.2) is 0 Å². The highest BCUT2D eigenvalue weighted by molar-refractivity contribution is 7.89. The number of rotatable bonds is 5. The van der Waals surface area contributed by atoms with Gasteiger partial charge in [0.25, 0.3) is 5.91 Å². The highest BCUT2D eigenvalue weighted by atomic mass is 32.2. The maximum atomic E-state index is 13.8. The van der Waals surface area contributed by atoms with E-state index in [1.807, 2.05) is 0 Å². The van der Waals surface area contributed by atoms with Gasteiger partial charge in [-0.1, -0.05) is 19.3 Å². The monoisotopic (exact) mass is 314 g/mol. The molecule has 0 aliphatic heterocycles. The molecular formula is C14H19FN2O3S. The van der Waals surface area contributed by atoms with Crippen molar-refractivity contribution in [1.82, 2.24) is 5.32 Å². The molecule has 7 heteroatoms. The van der Waals surface area contributed by atoms with Gasteiger partial charge in [0.2, 0.25) is 10.0 Å². The molecule has 0 unspecified atom stereocenters. The quantitative estimate of drug-likeness (QED) is 0.867. The number of carbonyl (C=O) groups excluding carboxylic acids is 1. The number of carbonyl (C=O) groups is 1. The lowest BCUT2D eigenvalue weighted by atomic mass is 9.83. The summed E-state index contributed by atoms with van der Waals surface area (Å²) >= 11 is 0. The number of nitrogens with two attached hydrogens (primary N) is 1. The van der Waals surface area contributed by atoms with Crippen LogP contribution in [0.2, 0.25) is 0 Å². The molecule has 21 heavy (non-hydrogen) atoms. The molecule has 2 rings (SSSR count). The van der Waals surface area contributed by atoms with Gasteiger partial charge in [-0.15, -0.1) is 0 Å². The molecular weight excluding hydrogens is 295 g/mol. The average molecular weight is 314 g/mol. The maximum absolute atomic E-state index is 13.8. The molecule has 116 valence electrons. The molecule has 0 bridgehead atoms. The predicted octanol–water partition coefficient (Wildman–Crippen LogP) is 1.70. The van der Waals surface area contributed by atoms with Crippen LogP contribution in [0.25, 0.3) is 0 Å². The number of aryl methyl sites for hydroxylation is 1. The molecule has 1 fully saturated rings. The van der Waals surface area contributed by atoms with Crippen LogP contribution < -0.4 is 10.5 Å². The number of amides is 1. The van der Waals surface area contributed by atoms with Crippen LogP contribution in [0.1, 0.15) is 41.6 Å². The molecule has 0 heterocycles. The number of hydrogen-bond donors (Lipinski definition) is 2. The van der Waals surface area contributed by atoms with Crippen LogP contribution in [0.5, 0.6) is 0 Å². The first kappa shape index (κ1) is 15.9. The second-order valence-electron chi connectivity index (χ2n) is 5.48. The predicted molar refractivity (Wildman–Crippen MR) is 76.8 cm³/mol. The summed E-state index contributed by atoms with van der Waals surface area (Å²) in [6, 6.07) is 2.01. The van der Waals surface area contributed by atoms with Crippen LogP contribution in [0.15, 0.2) is 17.0 Å². The standard InChI is InChI=1S/C14H19FN2O3S/c1-9-7-12(15)11(8-13(9)21(16,19)20)14(18)17-6-5-10-3-2-4-10/h7-8,10H,2-6H2,1H3,(H,17,18)(H2,16,19,20). The highest BCUT2D eigenvalue weighted by Crippen LogP contribution is 2.28. The summed E-state index contributed by atoms with van der Waals surface area (Å²) in [6.07, 6.45) is 4.43. The number of sulfonamides is 1. The lowest BCUT2D eigenvalue weighted by Gasteiger charge is -2.25. The lowest BCUT2D eigenvalue weighted by molar-refractivity contribution is 0.0944. The molecule has 5 nitrogen and oxygen atoms in total. The van der Waals surface area contributed by atoms with Crippen molar-refractivity contribution < 1.29 is 17.6 Å². The molecule has 1 aliphatic rings. The normalized spacial score (nSPS) is 15.6. The first-order chi connectivity index (χ1) is 9.79. The van der Waals surface area contributed by atoms with Crippen LogP contribution in [-0.4, -0.2) is 20.9 Å². The van der Waals surface area contributed by atoms with E-state index in [1.165, 1.54) is 26.2 Å². The van der Waals surface area contributed by atoms with Gasteiger partial charge in [0.1, 0.15) is 5.82 Å². The minimum atomic E-state index is -3.98. The zero-order valence-corrected chi connectivity index (χ0v) is 12.7. The van der Waals surface area contributed by atoms with E-state index in [9.17, 15) is 17.6 Å². The third-order valence-corrected chi connectivity index (χ3v) is 4.93. The molecule has 1 aliphatic carbocycles. The van der Waals surface area contributed by atoms with E-state index >= 15 is 0 Å². The Morgan fingerprint density at radius 2 is 2.10 bits per heavy atom. The van der Waals surface area contributed by atoms with E-state index in [2.05, 4.69) is 5.32 Å². The largest absolute Gasteiger partial charge is 0.352 e. The molecule has 0 spiro atoms. The minimum absolute atomic E-state index is 0.181. The Bertz CT molecular complexity index is 654. The molecule has 0 aromatic heterocycles. The van der Waals surface area contributed by atoms with Crippen molar-refractivity contribution >= 4 is 15.9 Å². The maximum Gasteiger partial charge on any atom is 0.254 e. The topological polar surface area (TPSA) is 89.3 Å². The molecule has 0 radical (unpaired) electrons. The molecule has 1 amide bonds. The van der Waals surface area contributed by atoms with Crippen LogP contribution in [-0.2, 0) is 10.0 Å². The second kappa shape index (κ2) is 6.11. The Balaban J connectivity index is 2.12. The Kier molecular flexibility index (Phi) is 4.63. The van der Waals surface area contributed by atoms with Crippen LogP contribution >= 0.6 is 0 Å². The number of halogens is 1. The van der Waals surface area contributed by atoms with E-state index in [1.54, 1.807) is 0 Å². The summed E-state index contributed by atoms with van der Waals surface area (Å²) in [4.78, 5) is 11.7. The number of primary sulfonamides is 1. The Hall–Kier alpha value is -1.47. The van der Waals surface area contributed by atoms with Crippen LogP contribution in [0.4, 0.5) is 4.39 Å². The van der Waals surface area contributed by atoms with Gasteiger partial charge < -0.3 is 5.32 Å². The van der Waals surface area contributed by atoms with Gasteiger partial charge in [0.05, 0.1) is 10.5 Å². The summed E-state index contributed by atoms with van der Waals surface area (Å²) in [7, 11) is -3.98. The number of benzene rings is 1. The molecule has 1 saturated carbocycles. The fraction of sp³-hybridized carbons (Fsp3) is 0.500. The fourth-order valence-corrected chi connectivity index (χ4v) is 3.19. The third kappa shape index (κ3) is 3.79. The summed E-state index contributed by atoms with van der Waals surface area (Å²) in [5, 5.41) is 7.68. The van der Waals surface area contributed by atoms with Crippen molar-refractivity contribution in [1.29, 1.82) is 0 Å². The Morgan fingerprint density at radius 3 is 2.62 bits per heavy atom.